The molecule has 0 bridgehead atoms. The van der Waals surface area contributed by atoms with Crippen molar-refractivity contribution in [2.24, 2.45) is 5.10 Å². The Hall–Kier alpha value is -6.79. The van der Waals surface area contributed by atoms with Gasteiger partial charge in [0, 0.05) is 44.0 Å². The lowest BCUT2D eigenvalue weighted by molar-refractivity contribution is 1.33. The van der Waals surface area contributed by atoms with Crippen molar-refractivity contribution in [1.29, 1.82) is 5.41 Å². The maximum absolute atomic E-state index is 9.43. The minimum Gasteiger partial charge on any atom is -0.298 e. The number of rotatable bonds is 5. The summed E-state index contributed by atoms with van der Waals surface area (Å²) in [6.45, 7) is 0. The molecule has 3 heterocycles. The second-order valence-electron chi connectivity index (χ2n) is 12.0. The molecule has 230 valence electrons. The Morgan fingerprint density at radius 2 is 1.12 bits per heavy atom. The molecule has 0 fully saturated rings. The first-order valence-electron chi connectivity index (χ1n) is 16.2. The van der Waals surface area contributed by atoms with Crippen LogP contribution in [0.2, 0.25) is 0 Å². The second-order valence-corrected chi connectivity index (χ2v) is 12.0. The number of benzene rings is 5. The molecule has 2 N–H and O–H groups in total. The number of aromatic nitrogens is 3. The number of anilines is 1. The van der Waals surface area contributed by atoms with Crippen LogP contribution in [0.1, 0.15) is 11.1 Å². The summed E-state index contributed by atoms with van der Waals surface area (Å²) in [5.41, 5.74) is 14.5. The summed E-state index contributed by atoms with van der Waals surface area (Å²) < 4.78 is 0. The molecule has 1 aliphatic carbocycles. The lowest BCUT2D eigenvalue weighted by atomic mass is 9.87. The summed E-state index contributed by atoms with van der Waals surface area (Å²) >= 11 is 0. The number of fused-ring (bicyclic) bond motifs is 6. The zero-order valence-corrected chi connectivity index (χ0v) is 26.3. The van der Waals surface area contributed by atoms with E-state index in [2.05, 4.69) is 77.3 Å². The standard InChI is InChI=1S/C43H28N6/c44-39-37(49-48-31-15-8-3-9-16-31)26-23-34-38(39)33-18-10-17-32(43(33)47-40(34)28-13-6-2-7-14-28)36-25-22-30-20-19-29-21-24-35(27-11-4-1-5-12-27)45-41(29)42(30)46-36/h1-26,44,48H/b44-39?,49-37-. The normalized spacial score (nSPS) is 13.3. The fraction of sp³-hybridized carbons (Fsp3) is 0. The molecule has 5 aromatic carbocycles. The number of para-hydroxylation sites is 2. The highest BCUT2D eigenvalue weighted by molar-refractivity contribution is 6.55. The highest BCUT2D eigenvalue weighted by Gasteiger charge is 2.25. The van der Waals surface area contributed by atoms with E-state index >= 15 is 0 Å². The van der Waals surface area contributed by atoms with Crippen LogP contribution in [0.5, 0.6) is 0 Å². The van der Waals surface area contributed by atoms with E-state index in [1.807, 2.05) is 91.0 Å². The van der Waals surface area contributed by atoms with Gasteiger partial charge in [0.05, 0.1) is 45.0 Å². The molecule has 0 spiro atoms. The van der Waals surface area contributed by atoms with E-state index < -0.39 is 0 Å². The first-order chi connectivity index (χ1) is 24.2. The number of allylic oxidation sites excluding steroid dienone is 1. The van der Waals surface area contributed by atoms with Crippen LogP contribution in [0, 0.1) is 5.41 Å². The zero-order valence-electron chi connectivity index (χ0n) is 26.3. The minimum absolute atomic E-state index is 0.331. The maximum atomic E-state index is 9.43. The third-order valence-electron chi connectivity index (χ3n) is 8.96. The molecule has 1 aliphatic rings. The van der Waals surface area contributed by atoms with E-state index in [-0.39, 0.29) is 0 Å². The van der Waals surface area contributed by atoms with Gasteiger partial charge >= 0.3 is 0 Å². The average Bonchev–Trinajstić information content (AvgIpc) is 3.17. The topological polar surface area (TPSA) is 86.9 Å². The summed E-state index contributed by atoms with van der Waals surface area (Å²) in [5.74, 6) is 0. The van der Waals surface area contributed by atoms with Gasteiger partial charge in [-0.15, -0.1) is 0 Å². The van der Waals surface area contributed by atoms with E-state index in [4.69, 9.17) is 15.0 Å². The van der Waals surface area contributed by atoms with E-state index in [0.29, 0.717) is 11.4 Å². The van der Waals surface area contributed by atoms with Crippen molar-refractivity contribution in [2.45, 2.75) is 0 Å². The smallest absolute Gasteiger partial charge is 0.109 e. The second kappa shape index (κ2) is 11.8. The Balaban J connectivity index is 1.25. The molecule has 8 aromatic rings. The first-order valence-corrected chi connectivity index (χ1v) is 16.2. The SMILES string of the molecule is N=C1/C(=N\Nc2ccccc2)C=Cc2c(-c3ccccc3)nc3c(-c4ccc5ccc6ccc(-c7ccccc7)nc6c5n4)cccc3c21. The van der Waals surface area contributed by atoms with E-state index in [0.717, 1.165) is 83.3 Å². The van der Waals surface area contributed by atoms with Crippen molar-refractivity contribution in [2.75, 3.05) is 5.43 Å². The van der Waals surface area contributed by atoms with Crippen LogP contribution < -0.4 is 5.43 Å². The Morgan fingerprint density at radius 3 is 1.84 bits per heavy atom. The Bertz CT molecular complexity index is 2630. The van der Waals surface area contributed by atoms with Crippen LogP contribution in [0.3, 0.4) is 0 Å². The number of nitrogens with zero attached hydrogens (tertiary/aromatic N) is 4. The number of nitrogens with one attached hydrogen (secondary N) is 2. The maximum Gasteiger partial charge on any atom is 0.109 e. The number of hydrogen-bond acceptors (Lipinski definition) is 6. The van der Waals surface area contributed by atoms with Gasteiger partial charge in [-0.1, -0.05) is 121 Å². The summed E-state index contributed by atoms with van der Waals surface area (Å²) in [7, 11) is 0. The summed E-state index contributed by atoms with van der Waals surface area (Å²) in [6.07, 6.45) is 3.91. The lowest BCUT2D eigenvalue weighted by Gasteiger charge is -2.21. The van der Waals surface area contributed by atoms with Gasteiger partial charge in [-0.05, 0) is 36.4 Å². The largest absolute Gasteiger partial charge is 0.298 e. The van der Waals surface area contributed by atoms with Crippen molar-refractivity contribution in [3.8, 4) is 33.8 Å². The molecule has 0 amide bonds. The molecule has 49 heavy (non-hydrogen) atoms. The van der Waals surface area contributed by atoms with Crippen LogP contribution in [0.15, 0.2) is 157 Å². The van der Waals surface area contributed by atoms with Crippen LogP contribution >= 0.6 is 0 Å². The molecule has 3 aromatic heterocycles. The predicted molar refractivity (Wildman–Crippen MR) is 202 cm³/mol. The van der Waals surface area contributed by atoms with Crippen LogP contribution in [-0.2, 0) is 0 Å². The van der Waals surface area contributed by atoms with E-state index in [1.165, 1.54) is 0 Å². The molecular weight excluding hydrogens is 601 g/mol. The van der Waals surface area contributed by atoms with Gasteiger partial charge in [0.2, 0.25) is 0 Å². The lowest BCUT2D eigenvalue weighted by Crippen LogP contribution is -2.20. The molecule has 6 heteroatoms. The number of hydrazone groups is 1. The van der Waals surface area contributed by atoms with Gasteiger partial charge in [0.15, 0.2) is 0 Å². The molecule has 0 saturated heterocycles. The minimum atomic E-state index is 0.331. The highest BCUT2D eigenvalue weighted by Crippen LogP contribution is 2.38. The Morgan fingerprint density at radius 1 is 0.510 bits per heavy atom. The Kier molecular flexibility index (Phi) is 6.84. The quantitative estimate of drug-likeness (QED) is 0.147. The summed E-state index contributed by atoms with van der Waals surface area (Å²) in [5, 5.41) is 17.0. The summed E-state index contributed by atoms with van der Waals surface area (Å²) in [4.78, 5) is 15.7. The number of hydrogen-bond donors (Lipinski definition) is 2. The van der Waals surface area contributed by atoms with Gasteiger partial charge in [-0.25, -0.2) is 15.0 Å². The third kappa shape index (κ3) is 5.03. The van der Waals surface area contributed by atoms with Gasteiger partial charge in [-0.2, -0.15) is 5.10 Å². The van der Waals surface area contributed by atoms with Crippen LogP contribution in [0.4, 0.5) is 5.69 Å². The Labute approximate surface area is 282 Å². The fourth-order valence-electron chi connectivity index (χ4n) is 6.55. The molecule has 6 nitrogen and oxygen atoms in total. The third-order valence-corrected chi connectivity index (χ3v) is 8.96. The molecule has 9 rings (SSSR count). The van der Waals surface area contributed by atoms with Crippen LogP contribution in [-0.4, -0.2) is 26.4 Å². The predicted octanol–water partition coefficient (Wildman–Crippen LogP) is 10.2. The fourth-order valence-corrected chi connectivity index (χ4v) is 6.55. The molecule has 0 atom stereocenters. The monoisotopic (exact) mass is 628 g/mol. The van der Waals surface area contributed by atoms with Gasteiger partial charge in [0.25, 0.3) is 0 Å². The molecular formula is C43H28N6. The number of pyridine rings is 3. The molecule has 0 radical (unpaired) electrons. The van der Waals surface area contributed by atoms with Gasteiger partial charge < -0.3 is 0 Å². The molecule has 0 saturated carbocycles. The van der Waals surface area contributed by atoms with Crippen molar-refractivity contribution < 1.29 is 0 Å². The average molecular weight is 629 g/mol. The van der Waals surface area contributed by atoms with Crippen LogP contribution in [0.25, 0.3) is 72.6 Å². The van der Waals surface area contributed by atoms with Crippen molar-refractivity contribution >= 4 is 55.9 Å². The van der Waals surface area contributed by atoms with Gasteiger partial charge in [0.1, 0.15) is 5.71 Å². The molecule has 0 aliphatic heterocycles. The zero-order chi connectivity index (χ0) is 32.7. The van der Waals surface area contributed by atoms with E-state index in [9.17, 15) is 5.41 Å². The molecule has 0 unspecified atom stereocenters. The van der Waals surface area contributed by atoms with E-state index in [1.54, 1.807) is 0 Å². The first kappa shape index (κ1) is 28.4. The van der Waals surface area contributed by atoms with Gasteiger partial charge in [-0.3, -0.25) is 10.8 Å². The highest BCUT2D eigenvalue weighted by atomic mass is 15.3. The van der Waals surface area contributed by atoms with Crippen molar-refractivity contribution in [3.63, 3.8) is 0 Å². The summed E-state index contributed by atoms with van der Waals surface area (Å²) in [6, 6.07) is 48.8. The van der Waals surface area contributed by atoms with Crippen molar-refractivity contribution in [1.82, 2.24) is 15.0 Å². The van der Waals surface area contributed by atoms with Crippen molar-refractivity contribution in [3.05, 3.63) is 163 Å².